The molecule has 1 aliphatic rings. The number of rotatable bonds is 7. The van der Waals surface area contributed by atoms with Crippen LogP contribution >= 0.6 is 0 Å². The van der Waals surface area contributed by atoms with Gasteiger partial charge in [-0.15, -0.1) is 0 Å². The number of sulfonamides is 1. The molecule has 2 amide bonds. The lowest BCUT2D eigenvalue weighted by atomic mass is 10.2. The summed E-state index contributed by atoms with van der Waals surface area (Å²) in [6, 6.07) is 16.1. The minimum atomic E-state index is -3.85. The quantitative estimate of drug-likeness (QED) is 0.719. The molecule has 2 aromatic rings. The van der Waals surface area contributed by atoms with Crippen molar-refractivity contribution in [3.05, 3.63) is 65.7 Å². The molecule has 1 aliphatic heterocycles. The normalized spacial score (nSPS) is 15.8. The SMILES string of the molecule is Cc1ccc(S(=O)(=O)NC(=O)NCCN2CCN(Cc3ccccc3)CC2)cc1. The van der Waals surface area contributed by atoms with Crippen molar-refractivity contribution in [1.29, 1.82) is 0 Å². The van der Waals surface area contributed by atoms with E-state index in [2.05, 4.69) is 44.1 Å². The van der Waals surface area contributed by atoms with Crippen molar-refractivity contribution in [2.45, 2.75) is 18.4 Å². The van der Waals surface area contributed by atoms with E-state index in [1.807, 2.05) is 13.0 Å². The fraction of sp³-hybridized carbons (Fsp3) is 0.381. The molecular weight excluding hydrogens is 388 g/mol. The van der Waals surface area contributed by atoms with Crippen LogP contribution in [0.2, 0.25) is 0 Å². The molecule has 0 radical (unpaired) electrons. The molecule has 1 heterocycles. The van der Waals surface area contributed by atoms with Gasteiger partial charge in [0.25, 0.3) is 10.0 Å². The lowest BCUT2D eigenvalue weighted by molar-refractivity contribution is 0.128. The van der Waals surface area contributed by atoms with Crippen LogP contribution in [-0.4, -0.2) is 63.5 Å². The van der Waals surface area contributed by atoms with Gasteiger partial charge in [0.2, 0.25) is 0 Å². The molecule has 7 nitrogen and oxygen atoms in total. The molecule has 0 atom stereocenters. The highest BCUT2D eigenvalue weighted by atomic mass is 32.2. The Labute approximate surface area is 172 Å². The number of benzene rings is 2. The third-order valence-electron chi connectivity index (χ3n) is 4.99. The Morgan fingerprint density at radius 3 is 2.21 bits per heavy atom. The van der Waals surface area contributed by atoms with Crippen LogP contribution in [0.25, 0.3) is 0 Å². The highest BCUT2D eigenvalue weighted by Crippen LogP contribution is 2.10. The van der Waals surface area contributed by atoms with Gasteiger partial charge in [-0.1, -0.05) is 48.0 Å². The fourth-order valence-corrected chi connectivity index (χ4v) is 4.20. The predicted octanol–water partition coefficient (Wildman–Crippen LogP) is 1.80. The van der Waals surface area contributed by atoms with Crippen LogP contribution in [0, 0.1) is 6.92 Å². The molecular formula is C21H28N4O3S. The fourth-order valence-electron chi connectivity index (χ4n) is 3.27. The second-order valence-electron chi connectivity index (χ2n) is 7.28. The first-order valence-corrected chi connectivity index (χ1v) is 11.3. The van der Waals surface area contributed by atoms with Gasteiger partial charge >= 0.3 is 6.03 Å². The van der Waals surface area contributed by atoms with E-state index >= 15 is 0 Å². The summed E-state index contributed by atoms with van der Waals surface area (Å²) in [5, 5.41) is 2.63. The van der Waals surface area contributed by atoms with E-state index < -0.39 is 16.1 Å². The van der Waals surface area contributed by atoms with Crippen LogP contribution < -0.4 is 10.0 Å². The number of amides is 2. The standard InChI is InChI=1S/C21H28N4O3S/c1-18-7-9-20(10-8-18)29(27,28)23-21(26)22-11-12-24-13-15-25(16-14-24)17-19-5-3-2-4-6-19/h2-10H,11-17H2,1H3,(H2,22,23,26). The number of hydrogen-bond donors (Lipinski definition) is 2. The van der Waals surface area contributed by atoms with E-state index in [0.717, 1.165) is 38.3 Å². The number of nitrogens with zero attached hydrogens (tertiary/aromatic N) is 2. The maximum atomic E-state index is 12.2. The summed E-state index contributed by atoms with van der Waals surface area (Å²) in [5.41, 5.74) is 2.27. The summed E-state index contributed by atoms with van der Waals surface area (Å²) < 4.78 is 26.5. The van der Waals surface area contributed by atoms with Gasteiger partial charge in [-0.2, -0.15) is 0 Å². The molecule has 0 spiro atoms. The van der Waals surface area contributed by atoms with Crippen LogP contribution in [0.4, 0.5) is 4.79 Å². The van der Waals surface area contributed by atoms with Crippen molar-refractivity contribution in [3.63, 3.8) is 0 Å². The summed E-state index contributed by atoms with van der Waals surface area (Å²) in [7, 11) is -3.85. The number of nitrogens with one attached hydrogen (secondary N) is 2. The minimum Gasteiger partial charge on any atom is -0.336 e. The predicted molar refractivity (Wildman–Crippen MR) is 113 cm³/mol. The number of urea groups is 1. The molecule has 156 valence electrons. The summed E-state index contributed by atoms with van der Waals surface area (Å²) in [6.45, 7) is 7.72. The average molecular weight is 417 g/mol. The highest BCUT2D eigenvalue weighted by molar-refractivity contribution is 7.90. The van der Waals surface area contributed by atoms with Gasteiger partial charge in [-0.25, -0.2) is 17.9 Å². The van der Waals surface area contributed by atoms with Gasteiger partial charge in [-0.3, -0.25) is 9.80 Å². The molecule has 8 heteroatoms. The summed E-state index contributed by atoms with van der Waals surface area (Å²) in [4.78, 5) is 16.7. The lowest BCUT2D eigenvalue weighted by Gasteiger charge is -2.34. The molecule has 0 saturated carbocycles. The molecule has 2 N–H and O–H groups in total. The summed E-state index contributed by atoms with van der Waals surface area (Å²) in [5.74, 6) is 0. The Hall–Kier alpha value is -2.42. The van der Waals surface area contributed by atoms with Gasteiger partial charge in [0.05, 0.1) is 4.90 Å². The molecule has 0 unspecified atom stereocenters. The van der Waals surface area contributed by atoms with E-state index in [-0.39, 0.29) is 4.90 Å². The van der Waals surface area contributed by atoms with E-state index in [1.54, 1.807) is 12.1 Å². The number of piperazine rings is 1. The smallest absolute Gasteiger partial charge is 0.328 e. The van der Waals surface area contributed by atoms with E-state index in [4.69, 9.17) is 0 Å². The van der Waals surface area contributed by atoms with Crippen LogP contribution in [0.1, 0.15) is 11.1 Å². The van der Waals surface area contributed by atoms with Crippen LogP contribution in [-0.2, 0) is 16.6 Å². The van der Waals surface area contributed by atoms with Crippen LogP contribution in [0.5, 0.6) is 0 Å². The van der Waals surface area contributed by atoms with Gasteiger partial charge in [0.1, 0.15) is 0 Å². The topological polar surface area (TPSA) is 81.7 Å². The molecule has 0 aliphatic carbocycles. The van der Waals surface area contributed by atoms with E-state index in [1.165, 1.54) is 17.7 Å². The van der Waals surface area contributed by atoms with Gasteiger partial charge in [-0.05, 0) is 24.6 Å². The van der Waals surface area contributed by atoms with E-state index in [0.29, 0.717) is 13.1 Å². The van der Waals surface area contributed by atoms with Gasteiger partial charge in [0, 0.05) is 45.8 Å². The van der Waals surface area contributed by atoms with Gasteiger partial charge < -0.3 is 5.32 Å². The van der Waals surface area contributed by atoms with Crippen LogP contribution in [0.15, 0.2) is 59.5 Å². The Morgan fingerprint density at radius 1 is 0.931 bits per heavy atom. The minimum absolute atomic E-state index is 0.0767. The monoisotopic (exact) mass is 416 g/mol. The molecule has 0 aromatic heterocycles. The number of hydrogen-bond acceptors (Lipinski definition) is 5. The second kappa shape index (κ2) is 9.87. The Balaban J connectivity index is 1.36. The first kappa shape index (κ1) is 21.3. The van der Waals surface area contributed by atoms with Crippen molar-refractivity contribution in [1.82, 2.24) is 19.8 Å². The third-order valence-corrected chi connectivity index (χ3v) is 6.33. The molecule has 3 rings (SSSR count). The van der Waals surface area contributed by atoms with Crippen LogP contribution in [0.3, 0.4) is 0 Å². The molecule has 1 fully saturated rings. The second-order valence-corrected chi connectivity index (χ2v) is 8.96. The van der Waals surface area contributed by atoms with Crippen molar-refractivity contribution in [2.75, 3.05) is 39.3 Å². The first-order valence-electron chi connectivity index (χ1n) is 9.78. The highest BCUT2D eigenvalue weighted by Gasteiger charge is 2.19. The Kier molecular flexibility index (Phi) is 7.24. The Morgan fingerprint density at radius 2 is 1.55 bits per heavy atom. The zero-order valence-electron chi connectivity index (χ0n) is 16.7. The largest absolute Gasteiger partial charge is 0.336 e. The summed E-state index contributed by atoms with van der Waals surface area (Å²) >= 11 is 0. The van der Waals surface area contributed by atoms with Crippen molar-refractivity contribution in [2.24, 2.45) is 0 Å². The molecule has 1 saturated heterocycles. The Bertz CT molecular complexity index is 893. The van der Waals surface area contributed by atoms with Crippen molar-refractivity contribution < 1.29 is 13.2 Å². The van der Waals surface area contributed by atoms with Gasteiger partial charge in [0.15, 0.2) is 0 Å². The van der Waals surface area contributed by atoms with Crippen molar-refractivity contribution >= 4 is 16.1 Å². The lowest BCUT2D eigenvalue weighted by Crippen LogP contribution is -2.49. The van der Waals surface area contributed by atoms with E-state index in [9.17, 15) is 13.2 Å². The first-order chi connectivity index (χ1) is 13.9. The third kappa shape index (κ3) is 6.56. The number of carbonyl (C=O) groups excluding carboxylic acids is 1. The zero-order valence-corrected chi connectivity index (χ0v) is 17.5. The maximum absolute atomic E-state index is 12.2. The zero-order chi connectivity index (χ0) is 20.7. The maximum Gasteiger partial charge on any atom is 0.328 e. The number of carbonyl (C=O) groups is 1. The molecule has 0 bridgehead atoms. The van der Waals surface area contributed by atoms with Crippen molar-refractivity contribution in [3.8, 4) is 0 Å². The average Bonchev–Trinajstić information content (AvgIpc) is 2.70. The molecule has 29 heavy (non-hydrogen) atoms. The number of aryl methyl sites for hydroxylation is 1. The molecule has 2 aromatic carbocycles. The summed E-state index contributed by atoms with van der Waals surface area (Å²) in [6.07, 6.45) is 0.